The number of carbonyl (C=O) groups is 5. The van der Waals surface area contributed by atoms with Crippen LogP contribution in [0.1, 0.15) is 131 Å². The van der Waals surface area contributed by atoms with Crippen molar-refractivity contribution < 1.29 is 39.3 Å². The van der Waals surface area contributed by atoms with Crippen molar-refractivity contribution in [2.24, 2.45) is 0 Å². The van der Waals surface area contributed by atoms with Crippen LogP contribution in [0.25, 0.3) is 27.6 Å². The Kier molecular flexibility index (Phi) is 27.5. The number of hydrogen-bond acceptors (Lipinski definition) is 5. The maximum atomic E-state index is 12.4. The molecule has 0 aliphatic rings. The number of carboxylic acid groups (broad SMARTS) is 3. The first-order chi connectivity index (χ1) is 40.3. The molecule has 0 unspecified atom stereocenters. The fourth-order valence-electron chi connectivity index (χ4n) is 9.95. The van der Waals surface area contributed by atoms with Gasteiger partial charge in [-0.25, -0.2) is 4.79 Å². The lowest BCUT2D eigenvalue weighted by molar-refractivity contribution is -0.138. The van der Waals surface area contributed by atoms with E-state index in [9.17, 15) is 24.0 Å². The minimum Gasteiger partial charge on any atom is -0.481 e. The molecular formula is C76H82O8. The van der Waals surface area contributed by atoms with E-state index < -0.39 is 17.9 Å². The molecule has 9 aromatic carbocycles. The zero-order valence-corrected chi connectivity index (χ0v) is 49.9. The highest BCUT2D eigenvalue weighted by atomic mass is 16.4. The van der Waals surface area contributed by atoms with Gasteiger partial charge in [0.05, 0.1) is 0 Å². The zero-order valence-electron chi connectivity index (χ0n) is 49.9. The Morgan fingerprint density at radius 1 is 0.369 bits per heavy atom. The maximum absolute atomic E-state index is 12.4. The van der Waals surface area contributed by atoms with Crippen LogP contribution >= 0.6 is 0 Å². The van der Waals surface area contributed by atoms with Gasteiger partial charge in [0.15, 0.2) is 0 Å². The summed E-state index contributed by atoms with van der Waals surface area (Å²) in [5, 5.41) is 30.3. The van der Waals surface area contributed by atoms with Gasteiger partial charge in [-0.05, 0) is 139 Å². The molecular weight excluding hydrogens is 1040 g/mol. The Morgan fingerprint density at radius 2 is 0.679 bits per heavy atom. The van der Waals surface area contributed by atoms with Crippen LogP contribution < -0.4 is 0 Å². The molecule has 8 nitrogen and oxygen atoms in total. The number of benzene rings is 9. The van der Waals surface area contributed by atoms with Crippen LogP contribution in [0.4, 0.5) is 0 Å². The highest BCUT2D eigenvalue weighted by Gasteiger charge is 2.16. The van der Waals surface area contributed by atoms with E-state index in [2.05, 4.69) is 161 Å². The fraction of sp³-hybridized carbons (Fsp3) is 0.250. The second-order valence-electron chi connectivity index (χ2n) is 21.8. The molecule has 0 amide bonds. The summed E-state index contributed by atoms with van der Waals surface area (Å²) in [4.78, 5) is 55.5. The number of carbonyl (C=O) groups excluding carboxylic acids is 2. The average molecular weight is 1120 g/mol. The van der Waals surface area contributed by atoms with Crippen molar-refractivity contribution in [2.75, 3.05) is 0 Å². The molecule has 0 aliphatic carbocycles. The molecule has 9 aromatic rings. The number of fused-ring (bicyclic) bond motifs is 2. The molecule has 0 radical (unpaired) electrons. The summed E-state index contributed by atoms with van der Waals surface area (Å²) in [5.74, 6) is -1.21. The van der Waals surface area contributed by atoms with Gasteiger partial charge < -0.3 is 15.3 Å². The third-order valence-electron chi connectivity index (χ3n) is 14.2. The molecule has 2 atom stereocenters. The van der Waals surface area contributed by atoms with Gasteiger partial charge >= 0.3 is 17.9 Å². The van der Waals surface area contributed by atoms with Crippen molar-refractivity contribution in [1.29, 1.82) is 0 Å². The first kappa shape index (κ1) is 65.8. The summed E-state index contributed by atoms with van der Waals surface area (Å²) >= 11 is 0. The quantitative estimate of drug-likeness (QED) is 0.0640. The van der Waals surface area contributed by atoms with Crippen molar-refractivity contribution in [1.82, 2.24) is 0 Å². The molecule has 0 heterocycles. The number of hydrogen-bond donors (Lipinski definition) is 3. The topological polar surface area (TPSA) is 146 Å². The number of rotatable bonds is 20. The minimum absolute atomic E-state index is 0.212. The second-order valence-corrected chi connectivity index (χ2v) is 21.8. The van der Waals surface area contributed by atoms with Gasteiger partial charge in [0, 0.05) is 44.6 Å². The van der Waals surface area contributed by atoms with Crippen molar-refractivity contribution >= 4 is 57.1 Å². The second kappa shape index (κ2) is 35.1. The Hall–Kier alpha value is -9.01. The van der Waals surface area contributed by atoms with E-state index in [1.54, 1.807) is 6.08 Å². The molecule has 3 N–H and O–H groups in total. The van der Waals surface area contributed by atoms with Crippen molar-refractivity contribution in [3.8, 4) is 0 Å². The fourth-order valence-corrected chi connectivity index (χ4v) is 9.95. The highest BCUT2D eigenvalue weighted by molar-refractivity contribution is 5.89. The molecule has 9 rings (SSSR count). The molecule has 434 valence electrons. The molecule has 0 spiro atoms. The van der Waals surface area contributed by atoms with E-state index in [0.717, 1.165) is 41.2 Å². The standard InChI is InChI=1S/2C23H24O.2C10H12O2.C10H10O2/c2*1-17-7-5-8-19(15-17)13-14-21(24)16-18(2)22-12-6-10-20-9-3-4-11-23(20)22;3*1-8-3-2-4-9(7-8)5-6-10(11)12/h2*3-12,15,18H,13-14,16H2,1-2H3;2*2-4,7H,5-6H2,1H3,(H,11,12);2-7H,1H3,(H,11,12)/b;;;;6-5+/t2*18-;;;/m00.../s1. The summed E-state index contributed by atoms with van der Waals surface area (Å²) in [6.45, 7) is 14.5. The SMILES string of the molecule is Cc1cccc(/C=C/C(=O)O)c1.Cc1cccc(CCC(=O)C[C@H](C)c2cccc3ccccc23)c1.Cc1cccc(CCC(=O)C[C@H](C)c2cccc3ccccc23)c1.Cc1cccc(CCC(=O)O)c1.Cc1cccc(CCC(=O)O)c1. The minimum atomic E-state index is -0.920. The highest BCUT2D eigenvalue weighted by Crippen LogP contribution is 2.30. The normalized spacial score (nSPS) is 11.3. The monoisotopic (exact) mass is 1120 g/mol. The van der Waals surface area contributed by atoms with E-state index in [-0.39, 0.29) is 24.7 Å². The first-order valence-electron chi connectivity index (χ1n) is 28.9. The Bertz CT molecular complexity index is 3390. The zero-order chi connectivity index (χ0) is 60.8. The van der Waals surface area contributed by atoms with Gasteiger partial charge in [0.1, 0.15) is 11.6 Å². The van der Waals surface area contributed by atoms with E-state index >= 15 is 0 Å². The van der Waals surface area contributed by atoms with Crippen LogP contribution in [0, 0.1) is 34.6 Å². The molecule has 84 heavy (non-hydrogen) atoms. The predicted molar refractivity (Wildman–Crippen MR) is 345 cm³/mol. The predicted octanol–water partition coefficient (Wildman–Crippen LogP) is 17.8. The van der Waals surface area contributed by atoms with Crippen LogP contribution in [-0.2, 0) is 49.7 Å². The number of aliphatic carboxylic acids is 3. The molecule has 0 bridgehead atoms. The van der Waals surface area contributed by atoms with Crippen molar-refractivity contribution in [3.05, 3.63) is 279 Å². The van der Waals surface area contributed by atoms with Gasteiger partial charge in [-0.1, -0.05) is 248 Å². The van der Waals surface area contributed by atoms with Crippen LogP contribution in [0.3, 0.4) is 0 Å². The van der Waals surface area contributed by atoms with Crippen LogP contribution in [0.2, 0.25) is 0 Å². The first-order valence-corrected chi connectivity index (χ1v) is 28.9. The summed E-state index contributed by atoms with van der Waals surface area (Å²) in [6, 6.07) is 69.9. The summed E-state index contributed by atoms with van der Waals surface area (Å²) in [5.41, 5.74) is 14.1. The molecule has 0 fully saturated rings. The number of Topliss-reactive ketones (excluding diaryl/α,β-unsaturated/α-hetero) is 2. The Morgan fingerprint density at radius 3 is 1.01 bits per heavy atom. The lowest BCUT2D eigenvalue weighted by atomic mass is 9.90. The van der Waals surface area contributed by atoms with E-state index in [1.165, 1.54) is 66.1 Å². The molecule has 0 saturated carbocycles. The smallest absolute Gasteiger partial charge is 0.328 e. The van der Waals surface area contributed by atoms with Gasteiger partial charge in [0.2, 0.25) is 0 Å². The molecule has 0 aromatic heterocycles. The van der Waals surface area contributed by atoms with E-state index in [0.29, 0.717) is 50.1 Å². The van der Waals surface area contributed by atoms with Gasteiger partial charge in [-0.15, -0.1) is 0 Å². The van der Waals surface area contributed by atoms with Crippen molar-refractivity contribution in [2.45, 2.75) is 125 Å². The van der Waals surface area contributed by atoms with E-state index in [1.807, 2.05) is 93.6 Å². The third-order valence-corrected chi connectivity index (χ3v) is 14.2. The summed E-state index contributed by atoms with van der Waals surface area (Å²) in [6.07, 6.45) is 8.52. The van der Waals surface area contributed by atoms with Crippen LogP contribution in [-0.4, -0.2) is 44.8 Å². The van der Waals surface area contributed by atoms with Gasteiger partial charge in [-0.3, -0.25) is 19.2 Å². The Labute approximate surface area is 497 Å². The molecule has 8 heteroatoms. The van der Waals surface area contributed by atoms with Gasteiger partial charge in [0.25, 0.3) is 0 Å². The lowest BCUT2D eigenvalue weighted by Crippen LogP contribution is -2.06. The van der Waals surface area contributed by atoms with Gasteiger partial charge in [-0.2, -0.15) is 0 Å². The van der Waals surface area contributed by atoms with Crippen LogP contribution in [0.15, 0.2) is 212 Å². The Balaban J connectivity index is 0.000000200. The average Bonchev–Trinajstić information content (AvgIpc) is 3.59. The molecule has 0 saturated heterocycles. The van der Waals surface area contributed by atoms with Crippen molar-refractivity contribution in [3.63, 3.8) is 0 Å². The van der Waals surface area contributed by atoms with Crippen LogP contribution in [0.5, 0.6) is 0 Å². The van der Waals surface area contributed by atoms with E-state index in [4.69, 9.17) is 15.3 Å². The number of carboxylic acids is 3. The third kappa shape index (κ3) is 24.6. The number of aryl methyl sites for hydroxylation is 9. The lowest BCUT2D eigenvalue weighted by Gasteiger charge is -2.14. The number of ketones is 2. The summed E-state index contributed by atoms with van der Waals surface area (Å²) in [7, 11) is 0. The molecule has 0 aliphatic heterocycles. The largest absolute Gasteiger partial charge is 0.481 e. The maximum Gasteiger partial charge on any atom is 0.328 e. The summed E-state index contributed by atoms with van der Waals surface area (Å²) < 4.78 is 0.